The van der Waals surface area contributed by atoms with Gasteiger partial charge in [-0.3, -0.25) is 19.3 Å². The van der Waals surface area contributed by atoms with Gasteiger partial charge in [0.25, 0.3) is 0 Å². The highest BCUT2D eigenvalue weighted by molar-refractivity contribution is 5.79. The largest absolute Gasteiger partial charge is 0.480 e. The number of hydrogen-bond acceptors (Lipinski definition) is 7. The van der Waals surface area contributed by atoms with Crippen LogP contribution < -0.4 is 5.32 Å². The van der Waals surface area contributed by atoms with Gasteiger partial charge in [0, 0.05) is 32.6 Å². The summed E-state index contributed by atoms with van der Waals surface area (Å²) in [4.78, 5) is 51.8. The van der Waals surface area contributed by atoms with Gasteiger partial charge in [-0.15, -0.1) is 0 Å². The summed E-state index contributed by atoms with van der Waals surface area (Å²) in [5, 5.41) is 11.9. The summed E-state index contributed by atoms with van der Waals surface area (Å²) in [6.07, 6.45) is 10.2. The van der Waals surface area contributed by atoms with Crippen molar-refractivity contribution in [3.05, 3.63) is 12.2 Å². The minimum Gasteiger partial charge on any atom is -0.480 e. The number of esters is 1. The normalized spacial score (nSPS) is 28.8. The van der Waals surface area contributed by atoms with Gasteiger partial charge in [0.1, 0.15) is 6.61 Å². The van der Waals surface area contributed by atoms with Gasteiger partial charge in [0.15, 0.2) is 0 Å². The molecule has 3 fully saturated rings. The molecule has 36 heavy (non-hydrogen) atoms. The van der Waals surface area contributed by atoms with Crippen LogP contribution in [0.15, 0.2) is 12.2 Å². The summed E-state index contributed by atoms with van der Waals surface area (Å²) in [5.41, 5.74) is -0.421. The summed E-state index contributed by atoms with van der Waals surface area (Å²) in [5.74, 6) is 0.400. The number of alkyl carbamates (subject to hydrolysis) is 1. The predicted molar refractivity (Wildman–Crippen MR) is 130 cm³/mol. The number of carboxylic acids is 1. The molecular weight excluding hydrogens is 466 g/mol. The molecule has 0 bridgehead atoms. The Labute approximate surface area is 212 Å². The number of ether oxygens (including phenoxy) is 2. The zero-order valence-electron chi connectivity index (χ0n) is 21.2. The monoisotopic (exact) mass is 505 g/mol. The number of piperazine rings is 1. The average molecular weight is 506 g/mol. The van der Waals surface area contributed by atoms with Crippen molar-refractivity contribution in [2.24, 2.45) is 23.2 Å². The van der Waals surface area contributed by atoms with Crippen LogP contribution in [0.5, 0.6) is 0 Å². The minimum atomic E-state index is -0.962. The van der Waals surface area contributed by atoms with E-state index in [4.69, 9.17) is 9.47 Å². The second-order valence-electron chi connectivity index (χ2n) is 10.9. The number of aliphatic carboxylic acids is 1. The number of hydrogen-bond donors (Lipinski definition) is 2. The van der Waals surface area contributed by atoms with E-state index < -0.39 is 17.5 Å². The van der Waals surface area contributed by atoms with Gasteiger partial charge in [-0.25, -0.2) is 4.79 Å². The van der Waals surface area contributed by atoms with Crippen LogP contribution in [-0.2, 0) is 23.9 Å². The van der Waals surface area contributed by atoms with E-state index in [9.17, 15) is 24.3 Å². The number of amides is 2. The van der Waals surface area contributed by atoms with Crippen LogP contribution in [0.2, 0.25) is 0 Å². The number of nitrogens with one attached hydrogen (secondary N) is 1. The first-order chi connectivity index (χ1) is 17.3. The lowest BCUT2D eigenvalue weighted by Gasteiger charge is -2.40. The second kappa shape index (κ2) is 11.6. The Morgan fingerprint density at radius 3 is 2.36 bits per heavy atom. The van der Waals surface area contributed by atoms with Crippen LogP contribution in [0.1, 0.15) is 51.9 Å². The van der Waals surface area contributed by atoms with E-state index in [1.807, 2.05) is 6.92 Å². The van der Waals surface area contributed by atoms with E-state index in [1.54, 1.807) is 9.80 Å². The molecule has 3 aliphatic carbocycles. The molecule has 10 nitrogen and oxygen atoms in total. The number of fused-ring (bicyclic) bond motifs is 1. The molecule has 0 aromatic rings. The van der Waals surface area contributed by atoms with Crippen molar-refractivity contribution in [3.8, 4) is 0 Å². The van der Waals surface area contributed by atoms with Crippen LogP contribution in [0, 0.1) is 23.2 Å². The molecule has 0 aromatic heterocycles. The number of allylic oxidation sites excluding steroid dienone is 2. The predicted octanol–water partition coefficient (Wildman–Crippen LogP) is 2.04. The first-order valence-electron chi connectivity index (χ1n) is 13.2. The van der Waals surface area contributed by atoms with Gasteiger partial charge in [0.2, 0.25) is 5.91 Å². The van der Waals surface area contributed by atoms with Crippen molar-refractivity contribution < 1.29 is 33.8 Å². The first-order valence-corrected chi connectivity index (χ1v) is 13.2. The summed E-state index contributed by atoms with van der Waals surface area (Å²) < 4.78 is 10.9. The van der Waals surface area contributed by atoms with E-state index >= 15 is 0 Å². The Hall–Kier alpha value is -2.62. The molecule has 4 atom stereocenters. The molecule has 1 heterocycles. The molecule has 2 saturated carbocycles. The molecule has 4 aliphatic rings. The molecule has 2 amide bonds. The van der Waals surface area contributed by atoms with Crippen molar-refractivity contribution in [3.63, 3.8) is 0 Å². The third-order valence-electron chi connectivity index (χ3n) is 8.22. The fraction of sp³-hybridized carbons (Fsp3) is 0.769. The van der Waals surface area contributed by atoms with Crippen LogP contribution in [-0.4, -0.2) is 90.8 Å². The quantitative estimate of drug-likeness (QED) is 0.341. The first kappa shape index (κ1) is 26.4. The topological polar surface area (TPSA) is 125 Å². The molecule has 1 aliphatic heterocycles. The Bertz CT molecular complexity index is 856. The molecule has 0 radical (unpaired) electrons. The average Bonchev–Trinajstić information content (AvgIpc) is 3.73. The van der Waals surface area contributed by atoms with E-state index in [2.05, 4.69) is 17.5 Å². The van der Waals surface area contributed by atoms with Crippen LogP contribution in [0.25, 0.3) is 0 Å². The number of nitrogens with zero attached hydrogens (tertiary/aromatic N) is 2. The van der Waals surface area contributed by atoms with Gasteiger partial charge < -0.3 is 24.8 Å². The van der Waals surface area contributed by atoms with Crippen molar-refractivity contribution in [1.82, 2.24) is 15.1 Å². The standard InChI is InChI=1S/C26H39N3O7/c1-26(9-10-26)24(33)35-16-18-14-29(13-12-28(18)15-23(31)32)22(30)8-11-27-25(34)36-17-21-19-6-4-2-3-5-7-20(19)21/h2-3,18-21H,4-17H2,1H3,(H,27,34)(H,31,32)/t18?,19-,20+,21?. The molecule has 200 valence electrons. The van der Waals surface area contributed by atoms with Crippen molar-refractivity contribution in [2.75, 3.05) is 45.9 Å². The van der Waals surface area contributed by atoms with Crippen molar-refractivity contribution >= 4 is 23.9 Å². The van der Waals surface area contributed by atoms with Gasteiger partial charge in [-0.05, 0) is 63.2 Å². The third-order valence-corrected chi connectivity index (χ3v) is 8.22. The summed E-state index contributed by atoms with van der Waals surface area (Å²) >= 11 is 0. The van der Waals surface area contributed by atoms with Gasteiger partial charge in [-0.1, -0.05) is 12.2 Å². The molecule has 1 saturated heterocycles. The summed E-state index contributed by atoms with van der Waals surface area (Å²) in [6.45, 7) is 3.39. The number of carbonyl (C=O) groups excluding carboxylic acids is 3. The minimum absolute atomic E-state index is 0.0509. The lowest BCUT2D eigenvalue weighted by Crippen LogP contribution is -2.57. The third kappa shape index (κ3) is 6.99. The molecule has 4 rings (SSSR count). The van der Waals surface area contributed by atoms with Gasteiger partial charge >= 0.3 is 18.0 Å². The highest BCUT2D eigenvalue weighted by Gasteiger charge is 2.49. The SMILES string of the molecule is CC1(C(=O)OCC2CN(C(=O)CCNC(=O)OCC3[C@H]4CCC=CCC[C@@H]34)CCN2CC(=O)O)CC1. The maximum atomic E-state index is 12.8. The lowest BCUT2D eigenvalue weighted by molar-refractivity contribution is -0.153. The fourth-order valence-corrected chi connectivity index (χ4v) is 5.49. The highest BCUT2D eigenvalue weighted by atomic mass is 16.5. The lowest BCUT2D eigenvalue weighted by atomic mass is 10.1. The van der Waals surface area contributed by atoms with Crippen LogP contribution in [0.4, 0.5) is 4.79 Å². The highest BCUT2D eigenvalue weighted by Crippen LogP contribution is 2.52. The molecule has 0 spiro atoms. The molecule has 2 unspecified atom stereocenters. The van der Waals surface area contributed by atoms with Gasteiger partial charge in [-0.2, -0.15) is 0 Å². The van der Waals surface area contributed by atoms with Crippen molar-refractivity contribution in [2.45, 2.75) is 57.9 Å². The Morgan fingerprint density at radius 2 is 1.72 bits per heavy atom. The Morgan fingerprint density at radius 1 is 1.03 bits per heavy atom. The molecule has 10 heteroatoms. The summed E-state index contributed by atoms with van der Waals surface area (Å²) in [7, 11) is 0. The van der Waals surface area contributed by atoms with E-state index in [0.29, 0.717) is 37.5 Å². The van der Waals surface area contributed by atoms with E-state index in [-0.39, 0.29) is 50.6 Å². The second-order valence-corrected chi connectivity index (χ2v) is 10.9. The Kier molecular flexibility index (Phi) is 8.54. The summed E-state index contributed by atoms with van der Waals surface area (Å²) in [6, 6.07) is -0.381. The van der Waals surface area contributed by atoms with Crippen LogP contribution >= 0.6 is 0 Å². The maximum Gasteiger partial charge on any atom is 0.407 e. The smallest absolute Gasteiger partial charge is 0.407 e. The van der Waals surface area contributed by atoms with E-state index in [0.717, 1.165) is 38.5 Å². The molecule has 2 N–H and O–H groups in total. The number of carboxylic acid groups (broad SMARTS) is 1. The van der Waals surface area contributed by atoms with Gasteiger partial charge in [0.05, 0.1) is 24.6 Å². The zero-order valence-corrected chi connectivity index (χ0v) is 21.2. The maximum absolute atomic E-state index is 12.8. The molecular formula is C26H39N3O7. The molecule has 0 aromatic carbocycles. The number of rotatable bonds is 10. The Balaban J connectivity index is 1.16. The fourth-order valence-electron chi connectivity index (χ4n) is 5.49. The van der Waals surface area contributed by atoms with Crippen molar-refractivity contribution in [1.29, 1.82) is 0 Å². The van der Waals surface area contributed by atoms with Crippen LogP contribution in [0.3, 0.4) is 0 Å². The zero-order chi connectivity index (χ0) is 25.7. The van der Waals surface area contributed by atoms with E-state index in [1.165, 1.54) is 0 Å². The number of carbonyl (C=O) groups is 4.